The number of allylic oxidation sites excluding steroid dienone is 2. The molecule has 1 aliphatic carbocycles. The molecule has 0 saturated heterocycles. The van der Waals surface area contributed by atoms with Gasteiger partial charge in [0.15, 0.2) is 17.3 Å². The number of fused-ring (bicyclic) bond motifs is 1. The summed E-state index contributed by atoms with van der Waals surface area (Å²) in [6.45, 7) is 0. The van der Waals surface area contributed by atoms with Gasteiger partial charge in [0, 0.05) is 28.8 Å². The molecule has 0 amide bonds. The number of nitrogens with zero attached hydrogens (tertiary/aromatic N) is 2. The summed E-state index contributed by atoms with van der Waals surface area (Å²) >= 11 is 0. The van der Waals surface area contributed by atoms with Gasteiger partial charge in [0.2, 0.25) is 0 Å². The quantitative estimate of drug-likeness (QED) is 0.767. The number of ketones is 2. The van der Waals surface area contributed by atoms with Gasteiger partial charge in [-0.15, -0.1) is 0 Å². The van der Waals surface area contributed by atoms with Crippen LogP contribution in [0.25, 0.3) is 0 Å². The molecule has 4 nitrogen and oxygen atoms in total. The van der Waals surface area contributed by atoms with Crippen LogP contribution in [0.5, 0.6) is 0 Å². The molecule has 130 valence electrons. The Kier molecular flexibility index (Phi) is 4.16. The predicted molar refractivity (Wildman–Crippen MR) is 80.8 cm³/mol. The Balaban J connectivity index is 1.96. The number of benzene rings is 1. The van der Waals surface area contributed by atoms with Crippen LogP contribution in [0.1, 0.15) is 37.7 Å². The lowest BCUT2D eigenvalue weighted by atomic mass is 9.87. The fraction of sp³-hybridized carbons (Fsp3) is 0.111. The van der Waals surface area contributed by atoms with Crippen LogP contribution in [-0.4, -0.2) is 16.6 Å². The van der Waals surface area contributed by atoms with E-state index in [4.69, 9.17) is 5.26 Å². The first-order chi connectivity index (χ1) is 12.2. The zero-order chi connectivity index (χ0) is 19.1. The Labute approximate surface area is 144 Å². The van der Waals surface area contributed by atoms with E-state index in [9.17, 15) is 27.2 Å². The monoisotopic (exact) mass is 360 g/mol. The summed E-state index contributed by atoms with van der Waals surface area (Å²) in [5.74, 6) is -1.79. The molecule has 0 N–H and O–H groups in total. The molecule has 0 aliphatic heterocycles. The lowest BCUT2D eigenvalue weighted by molar-refractivity contribution is -0.138. The van der Waals surface area contributed by atoms with Crippen LogP contribution in [0, 0.1) is 17.1 Å². The topological polar surface area (TPSA) is 70.8 Å². The first-order valence-corrected chi connectivity index (χ1v) is 7.27. The third-order valence-corrected chi connectivity index (χ3v) is 3.82. The SMILES string of the molecule is N#Cc1nc(CC2=CC(=O)c3cc(F)ccc3C2=O)ccc1C(F)(F)F. The first-order valence-electron chi connectivity index (χ1n) is 7.27. The minimum atomic E-state index is -4.73. The van der Waals surface area contributed by atoms with Crippen LogP contribution in [0.3, 0.4) is 0 Å². The predicted octanol–water partition coefficient (Wildman–Crippen LogP) is 3.66. The van der Waals surface area contributed by atoms with Crippen LogP contribution < -0.4 is 0 Å². The van der Waals surface area contributed by atoms with E-state index in [-0.39, 0.29) is 28.8 Å². The van der Waals surface area contributed by atoms with Crippen LogP contribution in [0.15, 0.2) is 42.0 Å². The van der Waals surface area contributed by atoms with E-state index in [1.54, 1.807) is 0 Å². The largest absolute Gasteiger partial charge is 0.419 e. The maximum atomic E-state index is 13.2. The molecule has 3 rings (SSSR count). The number of rotatable bonds is 2. The molecule has 0 atom stereocenters. The zero-order valence-electron chi connectivity index (χ0n) is 12.9. The highest BCUT2D eigenvalue weighted by molar-refractivity contribution is 6.24. The van der Waals surface area contributed by atoms with Crippen molar-refractivity contribution in [3.8, 4) is 6.07 Å². The van der Waals surface area contributed by atoms with E-state index in [0.717, 1.165) is 24.3 Å². The number of hydrogen-bond acceptors (Lipinski definition) is 4. The highest BCUT2D eigenvalue weighted by atomic mass is 19.4. The summed E-state index contributed by atoms with van der Waals surface area (Å²) in [6.07, 6.45) is -3.95. The summed E-state index contributed by atoms with van der Waals surface area (Å²) in [6, 6.07) is 6.30. The second kappa shape index (κ2) is 6.19. The first kappa shape index (κ1) is 17.5. The van der Waals surface area contributed by atoms with Crippen molar-refractivity contribution in [2.24, 2.45) is 0 Å². The number of nitriles is 1. The molecule has 0 fully saturated rings. The van der Waals surface area contributed by atoms with Crippen molar-refractivity contribution in [1.82, 2.24) is 4.98 Å². The normalized spacial score (nSPS) is 13.9. The van der Waals surface area contributed by atoms with Gasteiger partial charge < -0.3 is 0 Å². The van der Waals surface area contributed by atoms with Crippen molar-refractivity contribution in [2.75, 3.05) is 0 Å². The van der Waals surface area contributed by atoms with E-state index in [2.05, 4.69) is 4.98 Å². The Morgan fingerprint density at radius 2 is 1.81 bits per heavy atom. The second-order valence-electron chi connectivity index (χ2n) is 5.54. The lowest BCUT2D eigenvalue weighted by Gasteiger charge is -2.15. The Morgan fingerprint density at radius 1 is 1.08 bits per heavy atom. The Bertz CT molecular complexity index is 1020. The van der Waals surface area contributed by atoms with Crippen LogP contribution in [0.2, 0.25) is 0 Å². The summed E-state index contributed by atoms with van der Waals surface area (Å²) in [5.41, 5.74) is -2.01. The smallest absolute Gasteiger partial charge is 0.289 e. The molecule has 8 heteroatoms. The molecule has 1 aromatic heterocycles. The van der Waals surface area contributed by atoms with Gasteiger partial charge in [-0.05, 0) is 36.4 Å². The van der Waals surface area contributed by atoms with E-state index in [1.807, 2.05) is 0 Å². The Morgan fingerprint density at radius 3 is 2.46 bits per heavy atom. The summed E-state index contributed by atoms with van der Waals surface area (Å²) in [7, 11) is 0. The van der Waals surface area contributed by atoms with E-state index in [1.165, 1.54) is 12.1 Å². The maximum Gasteiger partial charge on any atom is 0.419 e. The highest BCUT2D eigenvalue weighted by Gasteiger charge is 2.34. The van der Waals surface area contributed by atoms with Crippen molar-refractivity contribution >= 4 is 11.6 Å². The average Bonchev–Trinajstić information content (AvgIpc) is 2.58. The fourth-order valence-corrected chi connectivity index (χ4v) is 2.63. The number of carbonyl (C=O) groups is 2. The number of pyridine rings is 1. The summed E-state index contributed by atoms with van der Waals surface area (Å²) in [4.78, 5) is 28.2. The van der Waals surface area contributed by atoms with Crippen molar-refractivity contribution in [2.45, 2.75) is 12.6 Å². The van der Waals surface area contributed by atoms with Crippen LogP contribution >= 0.6 is 0 Å². The van der Waals surface area contributed by atoms with Gasteiger partial charge in [-0.1, -0.05) is 0 Å². The third-order valence-electron chi connectivity index (χ3n) is 3.82. The molecular weight excluding hydrogens is 352 g/mol. The molecule has 0 radical (unpaired) electrons. The molecule has 1 heterocycles. The van der Waals surface area contributed by atoms with Crippen LogP contribution in [0.4, 0.5) is 17.6 Å². The molecule has 1 aromatic carbocycles. The van der Waals surface area contributed by atoms with E-state index >= 15 is 0 Å². The highest BCUT2D eigenvalue weighted by Crippen LogP contribution is 2.31. The molecule has 26 heavy (non-hydrogen) atoms. The van der Waals surface area contributed by atoms with Gasteiger partial charge in [-0.2, -0.15) is 18.4 Å². The van der Waals surface area contributed by atoms with Gasteiger partial charge in [0.25, 0.3) is 0 Å². The third kappa shape index (κ3) is 3.11. The van der Waals surface area contributed by atoms with Gasteiger partial charge in [-0.3, -0.25) is 9.59 Å². The molecular formula is C18H8F4N2O2. The molecule has 0 bridgehead atoms. The molecule has 0 unspecified atom stereocenters. The fourth-order valence-electron chi connectivity index (χ4n) is 2.63. The average molecular weight is 360 g/mol. The lowest BCUT2D eigenvalue weighted by Crippen LogP contribution is -2.19. The van der Waals surface area contributed by atoms with Crippen LogP contribution in [-0.2, 0) is 12.6 Å². The van der Waals surface area contributed by atoms with Crippen molar-refractivity contribution < 1.29 is 27.2 Å². The minimum absolute atomic E-state index is 0.00487. The summed E-state index contributed by atoms with van der Waals surface area (Å²) in [5, 5.41) is 8.88. The minimum Gasteiger partial charge on any atom is -0.289 e. The molecule has 0 spiro atoms. The number of alkyl halides is 3. The van der Waals surface area contributed by atoms with Crippen molar-refractivity contribution in [1.29, 1.82) is 5.26 Å². The molecule has 1 aliphatic rings. The summed E-state index contributed by atoms with van der Waals surface area (Å²) < 4.78 is 51.7. The van der Waals surface area contributed by atoms with Gasteiger partial charge in [0.05, 0.1) is 5.56 Å². The molecule has 0 saturated carbocycles. The number of Topliss-reactive ketones (excluding diaryl/α,β-unsaturated/α-hetero) is 1. The van der Waals surface area contributed by atoms with Crippen molar-refractivity contribution in [3.05, 3.63) is 75.9 Å². The van der Waals surface area contributed by atoms with Gasteiger partial charge in [0.1, 0.15) is 11.9 Å². The Hall–Kier alpha value is -3.34. The second-order valence-corrected chi connectivity index (χ2v) is 5.54. The number of halogens is 4. The zero-order valence-corrected chi connectivity index (χ0v) is 12.9. The maximum absolute atomic E-state index is 13.2. The molecule has 2 aromatic rings. The van der Waals surface area contributed by atoms with E-state index in [0.29, 0.717) is 6.07 Å². The van der Waals surface area contributed by atoms with Crippen molar-refractivity contribution in [3.63, 3.8) is 0 Å². The van der Waals surface area contributed by atoms with Gasteiger partial charge in [-0.25, -0.2) is 9.37 Å². The van der Waals surface area contributed by atoms with Gasteiger partial charge >= 0.3 is 6.18 Å². The number of hydrogen-bond donors (Lipinski definition) is 0. The standard InChI is InChI=1S/C18H8F4N2O2/c19-10-1-3-12-13(7-10)16(25)6-9(17(12)26)5-11-2-4-14(18(20,21)22)15(8-23)24-11/h1-4,6-7H,5H2. The number of carbonyl (C=O) groups excluding carboxylic acids is 2. The number of aromatic nitrogens is 1. The van der Waals surface area contributed by atoms with E-state index < -0.39 is 34.8 Å².